The van der Waals surface area contributed by atoms with Gasteiger partial charge in [-0.2, -0.15) is 0 Å². The fraction of sp³-hybridized carbons (Fsp3) is 0.533. The third-order valence-electron chi connectivity index (χ3n) is 3.87. The predicted octanol–water partition coefficient (Wildman–Crippen LogP) is 2.77. The van der Waals surface area contributed by atoms with Crippen molar-refractivity contribution in [1.29, 1.82) is 0 Å². The molecular formula is C15H20O3. The van der Waals surface area contributed by atoms with Crippen molar-refractivity contribution in [3.63, 3.8) is 0 Å². The van der Waals surface area contributed by atoms with Gasteiger partial charge in [0.2, 0.25) is 0 Å². The predicted molar refractivity (Wildman–Crippen MR) is 69.8 cm³/mol. The van der Waals surface area contributed by atoms with Crippen LogP contribution < -0.4 is 0 Å². The second-order valence-corrected chi connectivity index (χ2v) is 4.84. The lowest BCUT2D eigenvalue weighted by molar-refractivity contribution is -0.145. The van der Waals surface area contributed by atoms with Crippen LogP contribution in [0.5, 0.6) is 0 Å². The molecule has 0 radical (unpaired) electrons. The first kappa shape index (κ1) is 13.1. The summed E-state index contributed by atoms with van der Waals surface area (Å²) in [4.78, 5) is 11.8. The Kier molecular flexibility index (Phi) is 4.02. The van der Waals surface area contributed by atoms with Gasteiger partial charge in [-0.15, -0.1) is 0 Å². The van der Waals surface area contributed by atoms with E-state index < -0.39 is 11.4 Å². The minimum Gasteiger partial charge on any atom is -0.481 e. The number of carbonyl (C=O) groups is 1. The topological polar surface area (TPSA) is 46.5 Å². The Bertz CT molecular complexity index is 428. The number of carboxylic acids is 1. The maximum absolute atomic E-state index is 11.8. The summed E-state index contributed by atoms with van der Waals surface area (Å²) in [6.45, 7) is 3.08. The highest BCUT2D eigenvalue weighted by molar-refractivity contribution is 5.82. The van der Waals surface area contributed by atoms with Gasteiger partial charge in [-0.1, -0.05) is 24.3 Å². The summed E-state index contributed by atoms with van der Waals surface area (Å²) in [7, 11) is 0. The molecule has 0 spiro atoms. The van der Waals surface area contributed by atoms with Gasteiger partial charge >= 0.3 is 5.97 Å². The number of hydrogen-bond acceptors (Lipinski definition) is 2. The number of aryl methyl sites for hydroxylation is 1. The number of carboxylic acid groups (broad SMARTS) is 1. The average Bonchev–Trinajstić information content (AvgIpc) is 2.39. The van der Waals surface area contributed by atoms with Crippen molar-refractivity contribution in [1.82, 2.24) is 0 Å². The SMILES string of the molecule is CCOCCC1(C(=O)O)CCCc2ccccc21. The van der Waals surface area contributed by atoms with Gasteiger partial charge in [-0.3, -0.25) is 4.79 Å². The summed E-state index contributed by atoms with van der Waals surface area (Å²) in [5.74, 6) is -0.714. The van der Waals surface area contributed by atoms with Crippen LogP contribution in [0.3, 0.4) is 0 Å². The number of rotatable bonds is 5. The van der Waals surface area contributed by atoms with E-state index in [1.165, 1.54) is 5.56 Å². The molecule has 0 heterocycles. The first-order valence-electron chi connectivity index (χ1n) is 6.60. The third-order valence-corrected chi connectivity index (χ3v) is 3.87. The summed E-state index contributed by atoms with van der Waals surface area (Å²) in [6, 6.07) is 7.93. The van der Waals surface area contributed by atoms with Gasteiger partial charge in [0.1, 0.15) is 0 Å². The van der Waals surface area contributed by atoms with Gasteiger partial charge in [0.05, 0.1) is 5.41 Å². The molecule has 3 nitrogen and oxygen atoms in total. The smallest absolute Gasteiger partial charge is 0.314 e. The lowest BCUT2D eigenvalue weighted by atomic mass is 9.68. The molecule has 1 aromatic carbocycles. The fourth-order valence-electron chi connectivity index (χ4n) is 2.90. The molecule has 1 aromatic rings. The Balaban J connectivity index is 2.33. The molecule has 98 valence electrons. The Morgan fingerprint density at radius 3 is 2.94 bits per heavy atom. The van der Waals surface area contributed by atoms with Gasteiger partial charge in [0.25, 0.3) is 0 Å². The van der Waals surface area contributed by atoms with Crippen molar-refractivity contribution in [3.8, 4) is 0 Å². The van der Waals surface area contributed by atoms with Crippen LogP contribution in [0.4, 0.5) is 0 Å². The largest absolute Gasteiger partial charge is 0.481 e. The van der Waals surface area contributed by atoms with Gasteiger partial charge in [0.15, 0.2) is 0 Å². The van der Waals surface area contributed by atoms with Crippen LogP contribution in [0.15, 0.2) is 24.3 Å². The van der Waals surface area contributed by atoms with Crippen molar-refractivity contribution in [2.24, 2.45) is 0 Å². The van der Waals surface area contributed by atoms with Crippen LogP contribution in [0, 0.1) is 0 Å². The molecule has 1 N–H and O–H groups in total. The molecule has 0 saturated heterocycles. The van der Waals surface area contributed by atoms with E-state index >= 15 is 0 Å². The summed E-state index contributed by atoms with van der Waals surface area (Å²) < 4.78 is 5.36. The molecule has 0 saturated carbocycles. The molecule has 0 amide bonds. The van der Waals surface area contributed by atoms with Crippen molar-refractivity contribution in [3.05, 3.63) is 35.4 Å². The number of fused-ring (bicyclic) bond motifs is 1. The minimum absolute atomic E-state index is 0.511. The van der Waals surface area contributed by atoms with Crippen LogP contribution in [0.1, 0.15) is 37.3 Å². The van der Waals surface area contributed by atoms with E-state index in [-0.39, 0.29) is 0 Å². The van der Waals surface area contributed by atoms with Gasteiger partial charge < -0.3 is 9.84 Å². The quantitative estimate of drug-likeness (QED) is 0.815. The highest BCUT2D eigenvalue weighted by atomic mass is 16.5. The number of ether oxygens (including phenoxy) is 1. The molecule has 18 heavy (non-hydrogen) atoms. The fourth-order valence-corrected chi connectivity index (χ4v) is 2.90. The molecule has 0 fully saturated rings. The zero-order valence-corrected chi connectivity index (χ0v) is 10.8. The Morgan fingerprint density at radius 1 is 1.44 bits per heavy atom. The van der Waals surface area contributed by atoms with Gasteiger partial charge in [-0.25, -0.2) is 0 Å². The minimum atomic E-state index is -0.746. The van der Waals surface area contributed by atoms with Crippen molar-refractivity contribution in [2.75, 3.05) is 13.2 Å². The molecular weight excluding hydrogens is 228 g/mol. The number of benzene rings is 1. The molecule has 0 bridgehead atoms. The summed E-state index contributed by atoms with van der Waals surface area (Å²) in [5.41, 5.74) is 1.43. The summed E-state index contributed by atoms with van der Waals surface area (Å²) in [5, 5.41) is 9.68. The van der Waals surface area contributed by atoms with Crippen molar-refractivity contribution >= 4 is 5.97 Å². The van der Waals surface area contributed by atoms with Crippen LogP contribution in [-0.4, -0.2) is 24.3 Å². The highest BCUT2D eigenvalue weighted by Crippen LogP contribution is 2.40. The van der Waals surface area contributed by atoms with E-state index in [9.17, 15) is 9.90 Å². The van der Waals surface area contributed by atoms with Crippen molar-refractivity contribution < 1.29 is 14.6 Å². The molecule has 3 heteroatoms. The lowest BCUT2D eigenvalue weighted by Gasteiger charge is -2.35. The summed E-state index contributed by atoms with van der Waals surface area (Å²) in [6.07, 6.45) is 3.20. The number of hydrogen-bond donors (Lipinski definition) is 1. The van der Waals surface area contributed by atoms with E-state index in [2.05, 4.69) is 0 Å². The maximum atomic E-state index is 11.8. The molecule has 2 rings (SSSR count). The number of aliphatic carboxylic acids is 1. The maximum Gasteiger partial charge on any atom is 0.314 e. The Hall–Kier alpha value is -1.35. The van der Waals surface area contributed by atoms with Gasteiger partial charge in [-0.05, 0) is 43.7 Å². The van der Waals surface area contributed by atoms with Crippen LogP contribution in [0.25, 0.3) is 0 Å². The normalized spacial score (nSPS) is 22.5. The van der Waals surface area contributed by atoms with E-state index in [1.54, 1.807) is 0 Å². The second-order valence-electron chi connectivity index (χ2n) is 4.84. The van der Waals surface area contributed by atoms with E-state index in [4.69, 9.17) is 4.74 Å². The molecule has 1 aliphatic rings. The second kappa shape index (κ2) is 5.53. The van der Waals surface area contributed by atoms with Crippen molar-refractivity contribution in [2.45, 2.75) is 38.0 Å². The zero-order chi connectivity index (χ0) is 13.0. The highest BCUT2D eigenvalue weighted by Gasteiger charge is 2.42. The summed E-state index contributed by atoms with van der Waals surface area (Å²) >= 11 is 0. The molecule has 0 aromatic heterocycles. The zero-order valence-electron chi connectivity index (χ0n) is 10.8. The van der Waals surface area contributed by atoms with E-state index in [0.29, 0.717) is 26.1 Å². The average molecular weight is 248 g/mol. The van der Waals surface area contributed by atoms with E-state index in [0.717, 1.165) is 18.4 Å². The lowest BCUT2D eigenvalue weighted by Crippen LogP contribution is -2.40. The monoisotopic (exact) mass is 248 g/mol. The standard InChI is InChI=1S/C15H20O3/c1-2-18-11-10-15(14(16)17)9-5-7-12-6-3-4-8-13(12)15/h3-4,6,8H,2,5,7,9-11H2,1H3,(H,16,17). The molecule has 0 aliphatic heterocycles. The third kappa shape index (κ3) is 2.27. The molecule has 1 aliphatic carbocycles. The Morgan fingerprint density at radius 2 is 2.22 bits per heavy atom. The molecule has 1 unspecified atom stereocenters. The van der Waals surface area contributed by atoms with Gasteiger partial charge in [0, 0.05) is 13.2 Å². The van der Waals surface area contributed by atoms with Crippen LogP contribution in [0.2, 0.25) is 0 Å². The van der Waals surface area contributed by atoms with Crippen LogP contribution in [-0.2, 0) is 21.4 Å². The molecule has 1 atom stereocenters. The first-order chi connectivity index (χ1) is 8.70. The Labute approximate surface area is 108 Å². The van der Waals surface area contributed by atoms with E-state index in [1.807, 2.05) is 31.2 Å². The first-order valence-corrected chi connectivity index (χ1v) is 6.60. The van der Waals surface area contributed by atoms with Crippen LogP contribution >= 0.6 is 0 Å².